The fraction of sp³-hybridized carbons (Fsp3) is 0.167. The molecule has 2 aromatic carbocycles. The van der Waals surface area contributed by atoms with Crippen molar-refractivity contribution in [2.75, 3.05) is 12.3 Å². The zero-order valence-corrected chi connectivity index (χ0v) is 18.4. The Kier molecular flexibility index (Phi) is 5.46. The minimum Gasteiger partial charge on any atom is -0.462 e. The average Bonchev–Trinajstić information content (AvgIpc) is 3.26. The van der Waals surface area contributed by atoms with Crippen LogP contribution in [0.15, 0.2) is 66.0 Å². The second-order valence-electron chi connectivity index (χ2n) is 7.72. The summed E-state index contributed by atoms with van der Waals surface area (Å²) in [6, 6.07) is 13.9. The number of carbonyl (C=O) groups excluding carboxylic acids is 1. The van der Waals surface area contributed by atoms with E-state index < -0.39 is 5.97 Å². The molecular formula is C24H21N7O3. The number of fused-ring (bicyclic) bond motifs is 2. The molecule has 5 rings (SSSR count). The zero-order chi connectivity index (χ0) is 23.7. The quantitative estimate of drug-likeness (QED) is 0.305. The Labute approximate surface area is 193 Å². The molecule has 0 aliphatic rings. The van der Waals surface area contributed by atoms with Gasteiger partial charge in [-0.15, -0.1) is 0 Å². The van der Waals surface area contributed by atoms with Crippen LogP contribution in [0, 0.1) is 6.92 Å². The van der Waals surface area contributed by atoms with Gasteiger partial charge in [-0.3, -0.25) is 9.36 Å². The van der Waals surface area contributed by atoms with E-state index >= 15 is 0 Å². The molecule has 0 fully saturated rings. The van der Waals surface area contributed by atoms with E-state index in [0.717, 1.165) is 0 Å². The first-order valence-electron chi connectivity index (χ1n) is 10.7. The molecule has 0 amide bonds. The molecule has 0 spiro atoms. The molecule has 34 heavy (non-hydrogen) atoms. The van der Waals surface area contributed by atoms with E-state index in [1.54, 1.807) is 43.6 Å². The molecule has 170 valence electrons. The van der Waals surface area contributed by atoms with Crippen LogP contribution in [0.3, 0.4) is 0 Å². The van der Waals surface area contributed by atoms with Gasteiger partial charge in [0.2, 0.25) is 0 Å². The van der Waals surface area contributed by atoms with Crippen molar-refractivity contribution in [2.45, 2.75) is 19.9 Å². The molecule has 0 radical (unpaired) electrons. The third-order valence-corrected chi connectivity index (χ3v) is 5.51. The van der Waals surface area contributed by atoms with Crippen LogP contribution in [-0.4, -0.2) is 41.6 Å². The van der Waals surface area contributed by atoms with Gasteiger partial charge in [0.15, 0.2) is 11.5 Å². The predicted molar refractivity (Wildman–Crippen MR) is 127 cm³/mol. The number of nitrogens with zero attached hydrogens (tertiary/aromatic N) is 6. The van der Waals surface area contributed by atoms with Gasteiger partial charge >= 0.3 is 5.97 Å². The minimum atomic E-state index is -0.436. The topological polar surface area (TPSA) is 131 Å². The van der Waals surface area contributed by atoms with Gasteiger partial charge in [-0.2, -0.15) is 0 Å². The third-order valence-electron chi connectivity index (χ3n) is 5.51. The number of rotatable bonds is 6. The van der Waals surface area contributed by atoms with E-state index in [4.69, 9.17) is 10.5 Å². The van der Waals surface area contributed by atoms with E-state index in [2.05, 4.69) is 19.9 Å². The summed E-state index contributed by atoms with van der Waals surface area (Å²) < 4.78 is 8.77. The van der Waals surface area contributed by atoms with Gasteiger partial charge in [-0.05, 0) is 49.7 Å². The van der Waals surface area contributed by atoms with Crippen LogP contribution in [0.4, 0.5) is 5.82 Å². The minimum absolute atomic E-state index is 0.155. The van der Waals surface area contributed by atoms with Crippen molar-refractivity contribution in [3.8, 4) is 5.69 Å². The Hall–Kier alpha value is -4.60. The number of anilines is 1. The lowest BCUT2D eigenvalue weighted by Gasteiger charge is -2.11. The number of carbonyl (C=O) groups is 1. The van der Waals surface area contributed by atoms with Crippen molar-refractivity contribution < 1.29 is 9.53 Å². The first-order chi connectivity index (χ1) is 16.5. The largest absolute Gasteiger partial charge is 0.462 e. The van der Waals surface area contributed by atoms with Crippen LogP contribution in [0.25, 0.3) is 27.8 Å². The van der Waals surface area contributed by atoms with E-state index in [-0.39, 0.29) is 12.2 Å². The Bertz CT molecular complexity index is 1570. The monoisotopic (exact) mass is 455 g/mol. The van der Waals surface area contributed by atoms with Crippen LogP contribution in [0.2, 0.25) is 0 Å². The van der Waals surface area contributed by atoms with Crippen molar-refractivity contribution in [1.29, 1.82) is 0 Å². The van der Waals surface area contributed by atoms with Crippen LogP contribution in [0.1, 0.15) is 22.6 Å². The molecule has 10 nitrogen and oxygen atoms in total. The van der Waals surface area contributed by atoms with Gasteiger partial charge in [0.05, 0.1) is 35.1 Å². The number of hydrogen-bond donors (Lipinski definition) is 1. The molecule has 2 N–H and O–H groups in total. The Balaban J connectivity index is 1.24. The number of hydrogen-bond acceptors (Lipinski definition) is 8. The van der Waals surface area contributed by atoms with E-state index in [0.29, 0.717) is 57.9 Å². The van der Waals surface area contributed by atoms with E-state index in [1.807, 2.05) is 22.8 Å². The summed E-state index contributed by atoms with van der Waals surface area (Å²) in [5.74, 6) is 0.461. The van der Waals surface area contributed by atoms with Crippen molar-refractivity contribution in [2.24, 2.45) is 0 Å². The average molecular weight is 455 g/mol. The van der Waals surface area contributed by atoms with Crippen LogP contribution in [0.5, 0.6) is 0 Å². The van der Waals surface area contributed by atoms with Gasteiger partial charge in [0.25, 0.3) is 5.56 Å². The SMILES string of the molecule is Cc1nc2ccccc2c(=O)n1-c1ccc(C(=O)OCCCn2cnc3c(N)ncnc32)cc1. The van der Waals surface area contributed by atoms with Gasteiger partial charge in [0, 0.05) is 6.54 Å². The standard InChI is InChI=1S/C24H21N7O3/c1-15-29-19-6-3-2-5-18(19)23(32)31(15)17-9-7-16(8-10-17)24(33)34-12-4-11-30-14-28-20-21(25)26-13-27-22(20)30/h2-3,5-10,13-14H,4,11-12H2,1H3,(H2,25,26,27). The summed E-state index contributed by atoms with van der Waals surface area (Å²) in [7, 11) is 0. The molecule has 0 unspecified atom stereocenters. The van der Waals surface area contributed by atoms with E-state index in [9.17, 15) is 9.59 Å². The van der Waals surface area contributed by atoms with Crippen LogP contribution in [-0.2, 0) is 11.3 Å². The van der Waals surface area contributed by atoms with Crippen molar-refractivity contribution in [1.82, 2.24) is 29.1 Å². The molecule has 0 atom stereocenters. The molecule has 0 aliphatic heterocycles. The molecule has 5 aromatic rings. The maximum absolute atomic E-state index is 13.0. The lowest BCUT2D eigenvalue weighted by Crippen LogP contribution is -2.22. The Morgan fingerprint density at radius 1 is 1.06 bits per heavy atom. The molecule has 10 heteroatoms. The number of para-hydroxylation sites is 1. The second-order valence-corrected chi connectivity index (χ2v) is 7.72. The fourth-order valence-corrected chi connectivity index (χ4v) is 3.84. The highest BCUT2D eigenvalue weighted by Gasteiger charge is 2.12. The predicted octanol–water partition coefficient (Wildman–Crippen LogP) is 2.66. The molecule has 3 aromatic heterocycles. The highest BCUT2D eigenvalue weighted by atomic mass is 16.5. The molecule has 3 heterocycles. The normalized spacial score (nSPS) is 11.2. The number of aromatic nitrogens is 6. The summed E-state index contributed by atoms with van der Waals surface area (Å²) >= 11 is 0. The molecule has 0 bridgehead atoms. The number of ether oxygens (including phenoxy) is 1. The summed E-state index contributed by atoms with van der Waals surface area (Å²) in [6.45, 7) is 2.57. The van der Waals surface area contributed by atoms with Crippen molar-refractivity contribution in [3.63, 3.8) is 0 Å². The second kappa shape index (κ2) is 8.74. The molecule has 0 saturated carbocycles. The lowest BCUT2D eigenvalue weighted by molar-refractivity contribution is 0.0496. The molecule has 0 aliphatic carbocycles. The number of nitrogen functional groups attached to an aromatic ring is 1. The molecular weight excluding hydrogens is 434 g/mol. The summed E-state index contributed by atoms with van der Waals surface area (Å²) in [4.78, 5) is 42.3. The number of esters is 1. The maximum atomic E-state index is 13.0. The fourth-order valence-electron chi connectivity index (χ4n) is 3.84. The van der Waals surface area contributed by atoms with Gasteiger partial charge in [-0.1, -0.05) is 12.1 Å². The number of aryl methyl sites for hydroxylation is 2. The maximum Gasteiger partial charge on any atom is 0.338 e. The Morgan fingerprint density at radius 2 is 1.85 bits per heavy atom. The van der Waals surface area contributed by atoms with Gasteiger partial charge < -0.3 is 15.0 Å². The molecule has 0 saturated heterocycles. The van der Waals surface area contributed by atoms with E-state index in [1.165, 1.54) is 10.9 Å². The van der Waals surface area contributed by atoms with Crippen molar-refractivity contribution in [3.05, 3.63) is 82.9 Å². The number of imidazole rings is 1. The van der Waals surface area contributed by atoms with Crippen LogP contribution >= 0.6 is 0 Å². The first kappa shape index (κ1) is 21.3. The Morgan fingerprint density at radius 3 is 2.68 bits per heavy atom. The van der Waals surface area contributed by atoms with Gasteiger partial charge in [-0.25, -0.2) is 24.7 Å². The van der Waals surface area contributed by atoms with Crippen molar-refractivity contribution >= 4 is 33.9 Å². The summed E-state index contributed by atoms with van der Waals surface area (Å²) in [6.07, 6.45) is 3.61. The highest BCUT2D eigenvalue weighted by molar-refractivity contribution is 5.89. The first-order valence-corrected chi connectivity index (χ1v) is 10.7. The summed E-state index contributed by atoms with van der Waals surface area (Å²) in [5, 5.41) is 0.538. The lowest BCUT2D eigenvalue weighted by atomic mass is 10.2. The van der Waals surface area contributed by atoms with Crippen LogP contribution < -0.4 is 11.3 Å². The highest BCUT2D eigenvalue weighted by Crippen LogP contribution is 2.16. The third kappa shape index (κ3) is 3.85. The number of benzene rings is 2. The smallest absolute Gasteiger partial charge is 0.338 e. The van der Waals surface area contributed by atoms with Gasteiger partial charge in [0.1, 0.15) is 17.7 Å². The zero-order valence-electron chi connectivity index (χ0n) is 18.4. The summed E-state index contributed by atoms with van der Waals surface area (Å²) in [5.41, 5.74) is 8.52. The number of nitrogens with two attached hydrogens (primary N) is 1.